The Morgan fingerprint density at radius 3 is 1.71 bits per heavy atom. The molecule has 112 valence electrons. The van der Waals surface area contributed by atoms with E-state index in [2.05, 4.69) is 36.5 Å². The largest absolute Gasteiger partial charge is 0.309 e. The lowest BCUT2D eigenvalue weighted by atomic mass is 10.1. The van der Waals surface area contributed by atoms with Crippen molar-refractivity contribution >= 4 is 9.84 Å². The third-order valence-corrected chi connectivity index (χ3v) is 4.09. The summed E-state index contributed by atoms with van der Waals surface area (Å²) in [7, 11) is -2.96. The van der Waals surface area contributed by atoms with Gasteiger partial charge in [0.25, 0.3) is 0 Å². The second-order valence-electron chi connectivity index (χ2n) is 5.48. The van der Waals surface area contributed by atoms with Crippen molar-refractivity contribution in [3.63, 3.8) is 0 Å². The Hall–Kier alpha value is -1.65. The van der Waals surface area contributed by atoms with Crippen LogP contribution in [0.2, 0.25) is 0 Å². The van der Waals surface area contributed by atoms with Crippen molar-refractivity contribution in [1.29, 1.82) is 0 Å². The van der Waals surface area contributed by atoms with E-state index in [0.29, 0.717) is 0 Å². The molecule has 0 aliphatic rings. The van der Waals surface area contributed by atoms with Crippen molar-refractivity contribution in [2.75, 3.05) is 6.26 Å². The summed E-state index contributed by atoms with van der Waals surface area (Å²) in [6, 6.07) is 16.2. The van der Waals surface area contributed by atoms with Crippen molar-refractivity contribution in [3.05, 3.63) is 70.8 Å². The van der Waals surface area contributed by atoms with E-state index in [9.17, 15) is 8.42 Å². The van der Waals surface area contributed by atoms with Crippen LogP contribution in [0.3, 0.4) is 0 Å². The van der Waals surface area contributed by atoms with Crippen LogP contribution in [0.4, 0.5) is 0 Å². The van der Waals surface area contributed by atoms with E-state index in [1.54, 1.807) is 0 Å². The van der Waals surface area contributed by atoms with Crippen LogP contribution in [0.25, 0.3) is 0 Å². The first kappa shape index (κ1) is 15.7. The average molecular weight is 303 g/mol. The molecule has 0 saturated heterocycles. The zero-order chi connectivity index (χ0) is 15.3. The van der Waals surface area contributed by atoms with E-state index in [1.165, 1.54) is 17.4 Å². The lowest BCUT2D eigenvalue weighted by Crippen LogP contribution is -2.12. The average Bonchev–Trinajstić information content (AvgIpc) is 2.41. The van der Waals surface area contributed by atoms with Crippen molar-refractivity contribution in [2.24, 2.45) is 0 Å². The van der Waals surface area contributed by atoms with Gasteiger partial charge in [-0.3, -0.25) is 0 Å². The lowest BCUT2D eigenvalue weighted by Gasteiger charge is -2.07. The lowest BCUT2D eigenvalue weighted by molar-refractivity contribution is 0.601. The van der Waals surface area contributed by atoms with Crippen molar-refractivity contribution in [2.45, 2.75) is 25.8 Å². The van der Waals surface area contributed by atoms with Gasteiger partial charge in [-0.25, -0.2) is 8.42 Å². The van der Waals surface area contributed by atoms with Gasteiger partial charge in [0.2, 0.25) is 0 Å². The SMILES string of the molecule is Cc1ccc(CNCc2ccc(CS(C)(=O)=O)cc2)cc1. The summed E-state index contributed by atoms with van der Waals surface area (Å²) in [6.45, 7) is 3.67. The maximum Gasteiger partial charge on any atom is 0.151 e. The highest BCUT2D eigenvalue weighted by molar-refractivity contribution is 7.89. The molecule has 0 aliphatic carbocycles. The Morgan fingerprint density at radius 2 is 1.24 bits per heavy atom. The molecule has 0 unspecified atom stereocenters. The van der Waals surface area contributed by atoms with Crippen molar-refractivity contribution < 1.29 is 8.42 Å². The van der Waals surface area contributed by atoms with Gasteiger partial charge in [0, 0.05) is 19.3 Å². The summed E-state index contributed by atoms with van der Waals surface area (Å²) < 4.78 is 22.5. The summed E-state index contributed by atoms with van der Waals surface area (Å²) in [4.78, 5) is 0. The smallest absolute Gasteiger partial charge is 0.151 e. The predicted molar refractivity (Wildman–Crippen MR) is 86.7 cm³/mol. The maximum atomic E-state index is 11.2. The topological polar surface area (TPSA) is 46.2 Å². The fourth-order valence-corrected chi connectivity index (χ4v) is 2.91. The molecule has 4 heteroatoms. The van der Waals surface area contributed by atoms with Crippen LogP contribution in [-0.4, -0.2) is 14.7 Å². The predicted octanol–water partition coefficient (Wildman–Crippen LogP) is 2.83. The Bertz CT molecular complexity index is 674. The Morgan fingerprint density at radius 1 is 0.810 bits per heavy atom. The zero-order valence-corrected chi connectivity index (χ0v) is 13.3. The molecule has 0 aliphatic heterocycles. The van der Waals surface area contributed by atoms with E-state index < -0.39 is 9.84 Å². The molecule has 2 aromatic carbocycles. The van der Waals surface area contributed by atoms with Crippen LogP contribution in [0, 0.1) is 6.92 Å². The first-order chi connectivity index (χ1) is 9.92. The van der Waals surface area contributed by atoms with Gasteiger partial charge < -0.3 is 5.32 Å². The quantitative estimate of drug-likeness (QED) is 0.892. The highest BCUT2D eigenvalue weighted by Gasteiger charge is 2.04. The fourth-order valence-electron chi connectivity index (χ4n) is 2.11. The number of sulfone groups is 1. The molecule has 2 aromatic rings. The molecule has 3 nitrogen and oxygen atoms in total. The first-order valence-corrected chi connectivity index (χ1v) is 9.00. The molecule has 2 rings (SSSR count). The molecule has 0 aromatic heterocycles. The van der Waals surface area contributed by atoms with Gasteiger partial charge in [-0.1, -0.05) is 54.1 Å². The number of benzene rings is 2. The molecule has 0 heterocycles. The second kappa shape index (κ2) is 6.87. The molecule has 0 atom stereocenters. The fraction of sp³-hybridized carbons (Fsp3) is 0.294. The van der Waals surface area contributed by atoms with Crippen LogP contribution in [-0.2, 0) is 28.7 Å². The van der Waals surface area contributed by atoms with E-state index in [0.717, 1.165) is 24.2 Å². The van der Waals surface area contributed by atoms with Gasteiger partial charge in [0.15, 0.2) is 9.84 Å². The standard InChI is InChI=1S/C17H21NO2S/c1-14-3-5-15(6-4-14)11-18-12-16-7-9-17(10-8-16)13-21(2,19)20/h3-10,18H,11-13H2,1-2H3. The van der Waals surface area contributed by atoms with Crippen LogP contribution in [0.5, 0.6) is 0 Å². The minimum Gasteiger partial charge on any atom is -0.309 e. The summed E-state index contributed by atoms with van der Waals surface area (Å²) in [6.07, 6.45) is 1.25. The molecule has 0 saturated carbocycles. The van der Waals surface area contributed by atoms with Crippen LogP contribution < -0.4 is 5.32 Å². The number of nitrogens with one attached hydrogen (secondary N) is 1. The van der Waals surface area contributed by atoms with Crippen molar-refractivity contribution in [1.82, 2.24) is 5.32 Å². The molecule has 1 N–H and O–H groups in total. The number of hydrogen-bond donors (Lipinski definition) is 1. The molecule has 21 heavy (non-hydrogen) atoms. The van der Waals surface area contributed by atoms with Crippen LogP contribution >= 0.6 is 0 Å². The van der Waals surface area contributed by atoms with E-state index >= 15 is 0 Å². The maximum absolute atomic E-state index is 11.2. The molecular weight excluding hydrogens is 282 g/mol. The van der Waals surface area contributed by atoms with E-state index in [-0.39, 0.29) is 5.75 Å². The normalized spacial score (nSPS) is 11.5. The van der Waals surface area contributed by atoms with Gasteiger partial charge in [-0.2, -0.15) is 0 Å². The monoisotopic (exact) mass is 303 g/mol. The molecule has 0 spiro atoms. The van der Waals surface area contributed by atoms with Gasteiger partial charge in [-0.05, 0) is 23.6 Å². The van der Waals surface area contributed by atoms with E-state index in [1.807, 2.05) is 24.3 Å². The van der Waals surface area contributed by atoms with E-state index in [4.69, 9.17) is 0 Å². The first-order valence-electron chi connectivity index (χ1n) is 6.94. The highest BCUT2D eigenvalue weighted by atomic mass is 32.2. The van der Waals surface area contributed by atoms with Gasteiger partial charge >= 0.3 is 0 Å². The zero-order valence-electron chi connectivity index (χ0n) is 12.5. The Balaban J connectivity index is 1.85. The van der Waals surface area contributed by atoms with Crippen LogP contribution in [0.1, 0.15) is 22.3 Å². The summed E-state index contributed by atoms with van der Waals surface area (Å²) in [5, 5.41) is 3.39. The second-order valence-corrected chi connectivity index (χ2v) is 7.62. The third-order valence-electron chi connectivity index (χ3n) is 3.23. The molecule has 0 radical (unpaired) electrons. The minimum atomic E-state index is -2.96. The molecular formula is C17H21NO2S. The summed E-state index contributed by atoms with van der Waals surface area (Å²) in [5.74, 6) is 0.101. The summed E-state index contributed by atoms with van der Waals surface area (Å²) >= 11 is 0. The third kappa shape index (κ3) is 5.69. The molecule has 0 amide bonds. The molecule has 0 fully saturated rings. The van der Waals surface area contributed by atoms with Crippen LogP contribution in [0.15, 0.2) is 48.5 Å². The van der Waals surface area contributed by atoms with Gasteiger partial charge in [-0.15, -0.1) is 0 Å². The van der Waals surface area contributed by atoms with Gasteiger partial charge in [0.05, 0.1) is 5.75 Å². The Kier molecular flexibility index (Phi) is 5.15. The number of aryl methyl sites for hydroxylation is 1. The Labute approximate surface area is 126 Å². The molecule has 0 bridgehead atoms. The number of hydrogen-bond acceptors (Lipinski definition) is 3. The highest BCUT2D eigenvalue weighted by Crippen LogP contribution is 2.08. The summed E-state index contributed by atoms with van der Waals surface area (Å²) in [5.41, 5.74) is 4.51. The minimum absolute atomic E-state index is 0.101. The number of rotatable bonds is 6. The van der Waals surface area contributed by atoms with Crippen molar-refractivity contribution in [3.8, 4) is 0 Å². The van der Waals surface area contributed by atoms with Gasteiger partial charge in [0.1, 0.15) is 0 Å².